The van der Waals surface area contributed by atoms with Crippen LogP contribution < -0.4 is 21.2 Å². The lowest BCUT2D eigenvalue weighted by Gasteiger charge is -2.25. The van der Waals surface area contributed by atoms with Crippen LogP contribution in [-0.2, 0) is 6.18 Å². The molecule has 0 spiro atoms. The summed E-state index contributed by atoms with van der Waals surface area (Å²) in [5.41, 5.74) is 1.08. The first-order valence-electron chi connectivity index (χ1n) is 10.9. The Hall–Kier alpha value is -2.95. The second-order valence-corrected chi connectivity index (χ2v) is 10.5. The molecule has 1 aliphatic carbocycles. The van der Waals surface area contributed by atoms with Gasteiger partial charge in [0.2, 0.25) is 0 Å². The fourth-order valence-electron chi connectivity index (χ4n) is 3.90. The molecule has 0 amide bonds. The van der Waals surface area contributed by atoms with Gasteiger partial charge in [0.05, 0.1) is 5.56 Å². The first-order chi connectivity index (χ1) is 16.3. The van der Waals surface area contributed by atoms with Gasteiger partial charge in [-0.3, -0.25) is 0 Å². The summed E-state index contributed by atoms with van der Waals surface area (Å²) in [5, 5.41) is 10.5. The number of alkyl halides is 3. The summed E-state index contributed by atoms with van der Waals surface area (Å²) in [6.07, 6.45) is 0.854. The van der Waals surface area contributed by atoms with E-state index in [1.165, 1.54) is 33.6 Å². The molecular formula is C27H24F3N2PS. The van der Waals surface area contributed by atoms with E-state index >= 15 is 0 Å². The Morgan fingerprint density at radius 3 is 1.97 bits per heavy atom. The number of allylic oxidation sites excluding steroid dienone is 3. The van der Waals surface area contributed by atoms with Crippen molar-refractivity contribution < 1.29 is 13.2 Å². The van der Waals surface area contributed by atoms with Crippen LogP contribution in [0.25, 0.3) is 0 Å². The molecule has 2 N–H and O–H groups in total. The summed E-state index contributed by atoms with van der Waals surface area (Å²) in [4.78, 5) is 0. The first-order valence-corrected chi connectivity index (χ1v) is 12.6. The largest absolute Gasteiger partial charge is 0.416 e. The molecule has 4 rings (SSSR count). The number of thiocarbonyl (C=S) groups is 1. The Morgan fingerprint density at radius 2 is 1.44 bits per heavy atom. The van der Waals surface area contributed by atoms with Crippen molar-refractivity contribution in [3.63, 3.8) is 0 Å². The normalized spacial score (nSPS) is 14.4. The number of benzene rings is 3. The van der Waals surface area contributed by atoms with Crippen molar-refractivity contribution in [2.75, 3.05) is 5.32 Å². The van der Waals surface area contributed by atoms with Gasteiger partial charge in [-0.25, -0.2) is 0 Å². The number of halogens is 3. The van der Waals surface area contributed by atoms with Crippen LogP contribution in [0.2, 0.25) is 0 Å². The molecule has 174 valence electrons. The molecule has 0 radical (unpaired) electrons. The van der Waals surface area contributed by atoms with Gasteiger partial charge in [0.1, 0.15) is 0 Å². The highest BCUT2D eigenvalue weighted by Gasteiger charge is 2.30. The lowest BCUT2D eigenvalue weighted by atomic mass is 10.1. The summed E-state index contributed by atoms with van der Waals surface area (Å²) in [7, 11) is -0.729. The third kappa shape index (κ3) is 5.75. The number of hydrogen-bond donors (Lipinski definition) is 2. The minimum absolute atomic E-state index is 0.0446. The summed E-state index contributed by atoms with van der Waals surface area (Å²) < 4.78 is 38.4. The van der Waals surface area contributed by atoms with Gasteiger partial charge in [0.25, 0.3) is 0 Å². The Kier molecular flexibility index (Phi) is 7.50. The number of nitrogens with one attached hydrogen (secondary N) is 2. The molecule has 0 aliphatic heterocycles. The fraction of sp³-hybridized carbons (Fsp3) is 0.148. The second kappa shape index (κ2) is 10.5. The minimum atomic E-state index is -4.36. The highest BCUT2D eigenvalue weighted by molar-refractivity contribution is 7.80. The molecule has 0 bridgehead atoms. The third-order valence-electron chi connectivity index (χ3n) is 5.55. The van der Waals surface area contributed by atoms with Gasteiger partial charge in [0, 0.05) is 11.7 Å². The molecule has 0 saturated carbocycles. The van der Waals surface area contributed by atoms with E-state index in [4.69, 9.17) is 12.2 Å². The van der Waals surface area contributed by atoms with Gasteiger partial charge < -0.3 is 10.6 Å². The highest BCUT2D eigenvalue weighted by Crippen LogP contribution is 2.48. The molecule has 0 aromatic heterocycles. The number of anilines is 1. The summed E-state index contributed by atoms with van der Waals surface area (Å²) >= 11 is 5.46. The Bertz CT molecular complexity index is 1150. The van der Waals surface area contributed by atoms with E-state index in [9.17, 15) is 13.2 Å². The third-order valence-corrected chi connectivity index (χ3v) is 8.32. The molecule has 3 aromatic rings. The zero-order valence-electron chi connectivity index (χ0n) is 18.5. The maximum Gasteiger partial charge on any atom is 0.416 e. The van der Waals surface area contributed by atoms with Crippen molar-refractivity contribution in [2.24, 2.45) is 0 Å². The maximum atomic E-state index is 12.8. The predicted octanol–water partition coefficient (Wildman–Crippen LogP) is 6.73. The van der Waals surface area contributed by atoms with Crippen molar-refractivity contribution in [2.45, 2.75) is 25.6 Å². The zero-order chi connectivity index (χ0) is 24.1. The van der Waals surface area contributed by atoms with Crippen LogP contribution in [0.15, 0.2) is 108 Å². The van der Waals surface area contributed by atoms with Crippen molar-refractivity contribution in [1.82, 2.24) is 5.32 Å². The fourth-order valence-corrected chi connectivity index (χ4v) is 6.82. The van der Waals surface area contributed by atoms with Gasteiger partial charge >= 0.3 is 6.18 Å². The summed E-state index contributed by atoms with van der Waals surface area (Å²) in [5.74, 6) is 0. The first kappa shape index (κ1) is 24.2. The van der Waals surface area contributed by atoms with Crippen molar-refractivity contribution in [3.8, 4) is 0 Å². The molecule has 34 heavy (non-hydrogen) atoms. The number of hydrogen-bond acceptors (Lipinski definition) is 1. The molecule has 0 heterocycles. The molecular weight excluding hydrogens is 472 g/mol. The molecule has 1 atom stereocenters. The topological polar surface area (TPSA) is 24.1 Å². The lowest BCUT2D eigenvalue weighted by Crippen LogP contribution is -2.37. The van der Waals surface area contributed by atoms with E-state index in [2.05, 4.69) is 78.2 Å². The average molecular weight is 497 g/mol. The van der Waals surface area contributed by atoms with Gasteiger partial charge in [-0.2, -0.15) is 13.2 Å². The monoisotopic (exact) mass is 496 g/mol. The maximum absolute atomic E-state index is 12.8. The van der Waals surface area contributed by atoms with E-state index in [-0.39, 0.29) is 6.04 Å². The van der Waals surface area contributed by atoms with Crippen LogP contribution in [0.4, 0.5) is 18.9 Å². The minimum Gasteiger partial charge on any atom is -0.356 e. The molecule has 1 aliphatic rings. The quantitative estimate of drug-likeness (QED) is 0.292. The Balaban J connectivity index is 1.54. The molecule has 2 nitrogen and oxygen atoms in total. The highest BCUT2D eigenvalue weighted by atomic mass is 32.1. The van der Waals surface area contributed by atoms with E-state index < -0.39 is 19.7 Å². The number of rotatable bonds is 6. The second-order valence-electron chi connectivity index (χ2n) is 7.92. The predicted molar refractivity (Wildman–Crippen MR) is 140 cm³/mol. The molecule has 0 saturated heterocycles. The average Bonchev–Trinajstić information content (AvgIpc) is 3.30. The van der Waals surface area contributed by atoms with Crippen LogP contribution in [0, 0.1) is 0 Å². The van der Waals surface area contributed by atoms with Crippen molar-refractivity contribution in [3.05, 3.63) is 114 Å². The SMILES string of the molecule is C[C@@H](NC(=S)Nc1ccc(C(F)(F)F)cc1)C1=C(P(c2ccccc2)c2ccccc2)C=CC1. The van der Waals surface area contributed by atoms with Crippen molar-refractivity contribution in [1.29, 1.82) is 0 Å². The van der Waals surface area contributed by atoms with E-state index in [0.717, 1.165) is 18.6 Å². The van der Waals surface area contributed by atoms with E-state index in [0.29, 0.717) is 10.8 Å². The Morgan fingerprint density at radius 1 is 0.882 bits per heavy atom. The van der Waals surface area contributed by atoms with Crippen LogP contribution in [0.5, 0.6) is 0 Å². The zero-order valence-corrected chi connectivity index (χ0v) is 20.2. The van der Waals surface area contributed by atoms with Crippen molar-refractivity contribution >= 4 is 41.5 Å². The molecule has 3 aromatic carbocycles. The van der Waals surface area contributed by atoms with E-state index in [1.54, 1.807) is 0 Å². The van der Waals surface area contributed by atoms with Gasteiger partial charge in [-0.05, 0) is 79.2 Å². The standard InChI is InChI=1S/C27H24F3N2PS/c1-19(31-26(34)32-21-17-15-20(16-18-21)27(28,29)30)24-13-8-14-25(24)33(22-9-4-2-5-10-22)23-11-6-3-7-12-23/h2-12,14-19H,13H2,1H3,(H2,31,32,34)/t19-/m1/s1. The van der Waals surface area contributed by atoms with Gasteiger partial charge in [-0.15, -0.1) is 0 Å². The molecule has 0 unspecified atom stereocenters. The van der Waals surface area contributed by atoms with Gasteiger partial charge in [0.15, 0.2) is 5.11 Å². The molecule has 0 fully saturated rings. The Labute approximate surface area is 204 Å². The lowest BCUT2D eigenvalue weighted by molar-refractivity contribution is -0.137. The summed E-state index contributed by atoms with van der Waals surface area (Å²) in [6, 6.07) is 25.8. The van der Waals surface area contributed by atoms with Crippen LogP contribution in [0.3, 0.4) is 0 Å². The van der Waals surface area contributed by atoms with Crippen LogP contribution in [0.1, 0.15) is 18.9 Å². The van der Waals surface area contributed by atoms with Crippen LogP contribution >= 0.6 is 20.1 Å². The van der Waals surface area contributed by atoms with Gasteiger partial charge in [-0.1, -0.05) is 72.8 Å². The van der Waals surface area contributed by atoms with Crippen LogP contribution in [-0.4, -0.2) is 11.2 Å². The van der Waals surface area contributed by atoms with E-state index in [1.807, 2.05) is 12.1 Å². The molecule has 7 heteroatoms. The smallest absolute Gasteiger partial charge is 0.356 e. The summed E-state index contributed by atoms with van der Waals surface area (Å²) in [6.45, 7) is 2.06.